The highest BCUT2D eigenvalue weighted by Gasteiger charge is 1.97. The smallest absolute Gasteiger partial charge is 0.305 e. The van der Waals surface area contributed by atoms with Crippen LogP contribution in [0.4, 0.5) is 0 Å². The first-order chi connectivity index (χ1) is 11.7. The SMILES string of the molecule is CCC=CCC=CCC=CC=CC(O)CC=CCCCC(=O)OC. The Bertz CT molecular complexity index is 442. The number of rotatable bonds is 13. The first kappa shape index (κ1) is 22.1. The number of aliphatic hydroxyl groups excluding tert-OH is 1. The van der Waals surface area contributed by atoms with Gasteiger partial charge in [-0.15, -0.1) is 0 Å². The van der Waals surface area contributed by atoms with Crippen molar-refractivity contribution in [3.05, 3.63) is 60.8 Å². The number of unbranched alkanes of at least 4 members (excludes halogenated alkanes) is 1. The molecule has 1 atom stereocenters. The maximum atomic E-state index is 10.9. The summed E-state index contributed by atoms with van der Waals surface area (Å²) in [7, 11) is 1.40. The summed E-state index contributed by atoms with van der Waals surface area (Å²) in [5.41, 5.74) is 0. The van der Waals surface area contributed by atoms with E-state index < -0.39 is 6.10 Å². The zero-order valence-corrected chi connectivity index (χ0v) is 15.1. The molecular weight excluding hydrogens is 300 g/mol. The van der Waals surface area contributed by atoms with Crippen LogP contribution in [0.1, 0.15) is 51.9 Å². The zero-order chi connectivity index (χ0) is 17.9. The van der Waals surface area contributed by atoms with E-state index in [0.29, 0.717) is 12.8 Å². The van der Waals surface area contributed by atoms with Gasteiger partial charge in [-0.25, -0.2) is 0 Å². The minimum Gasteiger partial charge on any atom is -0.469 e. The lowest BCUT2D eigenvalue weighted by Gasteiger charge is -1.99. The summed E-state index contributed by atoms with van der Waals surface area (Å²) in [5.74, 6) is -0.176. The fraction of sp³-hybridized carbons (Fsp3) is 0.476. The summed E-state index contributed by atoms with van der Waals surface area (Å²) < 4.78 is 4.57. The Labute approximate surface area is 147 Å². The lowest BCUT2D eigenvalue weighted by molar-refractivity contribution is -0.140. The molecule has 0 aliphatic carbocycles. The van der Waals surface area contributed by atoms with Gasteiger partial charge in [-0.05, 0) is 38.5 Å². The highest BCUT2D eigenvalue weighted by atomic mass is 16.5. The molecule has 0 aliphatic heterocycles. The van der Waals surface area contributed by atoms with Crippen LogP contribution in [0, 0.1) is 0 Å². The fourth-order valence-corrected chi connectivity index (χ4v) is 1.86. The topological polar surface area (TPSA) is 46.5 Å². The van der Waals surface area contributed by atoms with E-state index in [4.69, 9.17) is 0 Å². The van der Waals surface area contributed by atoms with Gasteiger partial charge in [0.05, 0.1) is 13.2 Å². The maximum absolute atomic E-state index is 10.9. The van der Waals surface area contributed by atoms with Crippen molar-refractivity contribution in [1.82, 2.24) is 0 Å². The third kappa shape index (κ3) is 16.5. The average Bonchev–Trinajstić information content (AvgIpc) is 2.59. The van der Waals surface area contributed by atoms with Crippen molar-refractivity contribution in [2.24, 2.45) is 0 Å². The minimum atomic E-state index is -0.471. The lowest BCUT2D eigenvalue weighted by atomic mass is 10.2. The summed E-state index contributed by atoms with van der Waals surface area (Å²) in [5, 5.41) is 9.79. The molecule has 0 aromatic heterocycles. The molecule has 0 spiro atoms. The van der Waals surface area contributed by atoms with Crippen LogP contribution in [0.2, 0.25) is 0 Å². The largest absolute Gasteiger partial charge is 0.469 e. The van der Waals surface area contributed by atoms with Gasteiger partial charge in [0.1, 0.15) is 0 Å². The van der Waals surface area contributed by atoms with Crippen LogP contribution in [0.25, 0.3) is 0 Å². The Morgan fingerprint density at radius 1 is 1.00 bits per heavy atom. The second kappa shape index (κ2) is 17.5. The van der Waals surface area contributed by atoms with Gasteiger partial charge in [-0.1, -0.05) is 67.7 Å². The van der Waals surface area contributed by atoms with E-state index in [0.717, 1.165) is 32.1 Å². The van der Waals surface area contributed by atoms with Gasteiger partial charge >= 0.3 is 5.97 Å². The van der Waals surface area contributed by atoms with Crippen molar-refractivity contribution in [3.8, 4) is 0 Å². The molecule has 0 aliphatic rings. The average molecular weight is 332 g/mol. The van der Waals surface area contributed by atoms with Crippen molar-refractivity contribution in [2.75, 3.05) is 7.11 Å². The van der Waals surface area contributed by atoms with Crippen LogP contribution in [0.5, 0.6) is 0 Å². The van der Waals surface area contributed by atoms with E-state index >= 15 is 0 Å². The highest BCUT2D eigenvalue weighted by Crippen LogP contribution is 2.01. The lowest BCUT2D eigenvalue weighted by Crippen LogP contribution is -1.99. The number of carbonyl (C=O) groups is 1. The van der Waals surface area contributed by atoms with E-state index in [1.807, 2.05) is 24.3 Å². The van der Waals surface area contributed by atoms with Crippen LogP contribution in [0.3, 0.4) is 0 Å². The third-order valence-corrected chi connectivity index (χ3v) is 3.22. The number of ether oxygens (including phenoxy) is 1. The Kier molecular flexibility index (Phi) is 16.1. The monoisotopic (exact) mass is 332 g/mol. The van der Waals surface area contributed by atoms with Crippen LogP contribution in [-0.4, -0.2) is 24.3 Å². The van der Waals surface area contributed by atoms with E-state index in [9.17, 15) is 9.90 Å². The highest BCUT2D eigenvalue weighted by molar-refractivity contribution is 5.69. The van der Waals surface area contributed by atoms with Gasteiger partial charge in [0.25, 0.3) is 0 Å². The number of allylic oxidation sites excluding steroid dienone is 8. The van der Waals surface area contributed by atoms with Crippen LogP contribution < -0.4 is 0 Å². The summed E-state index contributed by atoms with van der Waals surface area (Å²) >= 11 is 0. The predicted octanol–water partition coefficient (Wildman–Crippen LogP) is 5.05. The Hall–Kier alpha value is -1.87. The molecule has 1 N–H and O–H groups in total. The van der Waals surface area contributed by atoms with Crippen LogP contribution in [0.15, 0.2) is 60.8 Å². The molecule has 0 bridgehead atoms. The zero-order valence-electron chi connectivity index (χ0n) is 15.1. The van der Waals surface area contributed by atoms with Crippen LogP contribution in [-0.2, 0) is 9.53 Å². The Morgan fingerprint density at radius 3 is 2.42 bits per heavy atom. The number of methoxy groups -OCH3 is 1. The van der Waals surface area contributed by atoms with E-state index in [-0.39, 0.29) is 5.97 Å². The molecule has 134 valence electrons. The Morgan fingerprint density at radius 2 is 1.71 bits per heavy atom. The summed E-state index contributed by atoms with van der Waals surface area (Å²) in [6.45, 7) is 2.13. The molecule has 0 saturated heterocycles. The molecule has 0 aromatic rings. The van der Waals surface area contributed by atoms with Crippen molar-refractivity contribution in [3.63, 3.8) is 0 Å². The molecule has 0 radical (unpaired) electrons. The second-order valence-electron chi connectivity index (χ2n) is 5.38. The molecule has 0 saturated carbocycles. The maximum Gasteiger partial charge on any atom is 0.305 e. The summed E-state index contributed by atoms with van der Waals surface area (Å²) in [6.07, 6.45) is 25.4. The third-order valence-electron chi connectivity index (χ3n) is 3.22. The minimum absolute atomic E-state index is 0.176. The number of aliphatic hydroxyl groups is 1. The van der Waals surface area contributed by atoms with Crippen molar-refractivity contribution >= 4 is 5.97 Å². The molecule has 1 unspecified atom stereocenters. The Balaban J connectivity index is 3.69. The van der Waals surface area contributed by atoms with Crippen molar-refractivity contribution in [2.45, 2.75) is 58.0 Å². The van der Waals surface area contributed by atoms with Gasteiger partial charge in [-0.3, -0.25) is 4.79 Å². The van der Waals surface area contributed by atoms with Gasteiger partial charge in [0, 0.05) is 6.42 Å². The number of carbonyl (C=O) groups excluding carboxylic acids is 1. The molecule has 24 heavy (non-hydrogen) atoms. The number of hydrogen-bond donors (Lipinski definition) is 1. The van der Waals surface area contributed by atoms with E-state index in [1.165, 1.54) is 7.11 Å². The first-order valence-corrected chi connectivity index (χ1v) is 8.73. The fourth-order valence-electron chi connectivity index (χ4n) is 1.86. The summed E-state index contributed by atoms with van der Waals surface area (Å²) in [4.78, 5) is 10.9. The molecule has 0 heterocycles. The van der Waals surface area contributed by atoms with E-state index in [2.05, 4.69) is 42.0 Å². The predicted molar refractivity (Wildman–Crippen MR) is 102 cm³/mol. The molecule has 0 amide bonds. The number of esters is 1. The second-order valence-corrected chi connectivity index (χ2v) is 5.38. The molecule has 3 heteroatoms. The van der Waals surface area contributed by atoms with Gasteiger partial charge < -0.3 is 9.84 Å². The molecule has 0 fully saturated rings. The van der Waals surface area contributed by atoms with Crippen molar-refractivity contribution < 1.29 is 14.6 Å². The van der Waals surface area contributed by atoms with Gasteiger partial charge in [0.15, 0.2) is 0 Å². The molecule has 0 aromatic carbocycles. The number of hydrogen-bond acceptors (Lipinski definition) is 3. The summed E-state index contributed by atoms with van der Waals surface area (Å²) in [6, 6.07) is 0. The quantitative estimate of drug-likeness (QED) is 0.222. The van der Waals surface area contributed by atoms with Crippen molar-refractivity contribution in [1.29, 1.82) is 0 Å². The van der Waals surface area contributed by atoms with Crippen LogP contribution >= 0.6 is 0 Å². The standard InChI is InChI=1S/C21H32O3/c1-3-4-5-6-7-8-9-10-11-14-17-20(22)18-15-12-13-16-19-21(23)24-2/h4-5,7-8,10-12,14-15,17,20,22H,3,6,9,13,16,18-19H2,1-2H3. The van der Waals surface area contributed by atoms with E-state index in [1.54, 1.807) is 6.08 Å². The van der Waals surface area contributed by atoms with Gasteiger partial charge in [-0.2, -0.15) is 0 Å². The van der Waals surface area contributed by atoms with Gasteiger partial charge in [0.2, 0.25) is 0 Å². The molecule has 0 rings (SSSR count). The molecular formula is C21H32O3. The normalized spacial score (nSPS) is 14.0. The molecule has 3 nitrogen and oxygen atoms in total. The first-order valence-electron chi connectivity index (χ1n) is 8.73.